The van der Waals surface area contributed by atoms with Crippen molar-refractivity contribution in [1.29, 1.82) is 0 Å². The van der Waals surface area contributed by atoms with E-state index in [1.165, 1.54) is 6.42 Å². The molecule has 22 heavy (non-hydrogen) atoms. The van der Waals surface area contributed by atoms with Crippen molar-refractivity contribution >= 4 is 5.91 Å². The Labute approximate surface area is 133 Å². The number of aliphatic hydroxyl groups is 1. The van der Waals surface area contributed by atoms with Crippen LogP contribution in [0.25, 0.3) is 0 Å². The number of likely N-dealkylation sites (N-methyl/N-ethyl adjacent to an activating group) is 1. The number of hydrogen-bond donors (Lipinski definition) is 2. The van der Waals surface area contributed by atoms with Crippen LogP contribution in [-0.4, -0.2) is 42.2 Å². The van der Waals surface area contributed by atoms with E-state index in [1.54, 1.807) is 0 Å². The molecule has 4 nitrogen and oxygen atoms in total. The average molecular weight is 304 g/mol. The van der Waals surface area contributed by atoms with Crippen molar-refractivity contribution in [1.82, 2.24) is 10.2 Å². The molecule has 0 bridgehead atoms. The zero-order valence-electron chi connectivity index (χ0n) is 13.7. The van der Waals surface area contributed by atoms with Crippen LogP contribution in [0.3, 0.4) is 0 Å². The summed E-state index contributed by atoms with van der Waals surface area (Å²) in [6.45, 7) is 3.16. The Hall–Kier alpha value is -1.39. The number of aliphatic hydroxyl groups excluding tert-OH is 1. The largest absolute Gasteiger partial charge is 0.393 e. The van der Waals surface area contributed by atoms with E-state index in [0.29, 0.717) is 12.5 Å². The van der Waals surface area contributed by atoms with Crippen molar-refractivity contribution in [3.63, 3.8) is 0 Å². The van der Waals surface area contributed by atoms with Gasteiger partial charge in [-0.2, -0.15) is 0 Å². The molecule has 0 spiro atoms. The summed E-state index contributed by atoms with van der Waals surface area (Å²) in [7, 11) is 1.95. The highest BCUT2D eigenvalue weighted by atomic mass is 16.3. The molecule has 1 aromatic carbocycles. The highest BCUT2D eigenvalue weighted by Gasteiger charge is 2.24. The van der Waals surface area contributed by atoms with E-state index >= 15 is 0 Å². The number of nitrogens with zero attached hydrogens (tertiary/aromatic N) is 1. The van der Waals surface area contributed by atoms with E-state index in [9.17, 15) is 9.90 Å². The molecular weight excluding hydrogens is 276 g/mol. The number of hydrogen-bond acceptors (Lipinski definition) is 3. The normalized spacial score (nSPS) is 23.3. The second-order valence-electron chi connectivity index (χ2n) is 6.51. The summed E-state index contributed by atoms with van der Waals surface area (Å²) in [5.74, 6) is 0.335. The monoisotopic (exact) mass is 304 g/mol. The third kappa shape index (κ3) is 5.11. The summed E-state index contributed by atoms with van der Waals surface area (Å²) < 4.78 is 0. The standard InChI is InChI=1S/C18H28N2O2/c1-14(15-8-4-3-5-9-15)19-18(22)13-20(2)12-16-10-6-7-11-17(16)21/h3-5,8-9,14,16-17,21H,6-7,10-13H2,1-2H3,(H,19,22). The zero-order valence-corrected chi connectivity index (χ0v) is 13.7. The van der Waals surface area contributed by atoms with Gasteiger partial charge < -0.3 is 10.4 Å². The van der Waals surface area contributed by atoms with Crippen molar-refractivity contribution in [2.45, 2.75) is 44.8 Å². The molecule has 1 aromatic rings. The van der Waals surface area contributed by atoms with Crippen LogP contribution in [-0.2, 0) is 4.79 Å². The van der Waals surface area contributed by atoms with Crippen LogP contribution in [0.4, 0.5) is 0 Å². The zero-order chi connectivity index (χ0) is 15.9. The summed E-state index contributed by atoms with van der Waals surface area (Å²) in [4.78, 5) is 14.2. The van der Waals surface area contributed by atoms with Crippen LogP contribution in [0.2, 0.25) is 0 Å². The summed E-state index contributed by atoms with van der Waals surface area (Å²) in [5, 5.41) is 13.1. The minimum atomic E-state index is -0.206. The van der Waals surface area contributed by atoms with Crippen LogP contribution < -0.4 is 5.32 Å². The molecule has 4 heteroatoms. The van der Waals surface area contributed by atoms with E-state index in [1.807, 2.05) is 49.2 Å². The summed E-state index contributed by atoms with van der Waals surface area (Å²) in [6.07, 6.45) is 4.06. The Balaban J connectivity index is 1.76. The first-order valence-corrected chi connectivity index (χ1v) is 8.27. The highest BCUT2D eigenvalue weighted by molar-refractivity contribution is 5.78. The first-order valence-electron chi connectivity index (χ1n) is 8.27. The molecular formula is C18H28N2O2. The Bertz CT molecular complexity index is 463. The van der Waals surface area contributed by atoms with Gasteiger partial charge in [0.1, 0.15) is 0 Å². The van der Waals surface area contributed by atoms with Crippen molar-refractivity contribution in [3.8, 4) is 0 Å². The molecule has 0 saturated heterocycles. The molecule has 0 aliphatic heterocycles. The van der Waals surface area contributed by atoms with Gasteiger partial charge in [0.25, 0.3) is 0 Å². The number of nitrogens with one attached hydrogen (secondary N) is 1. The molecule has 2 N–H and O–H groups in total. The minimum Gasteiger partial charge on any atom is -0.393 e. The van der Waals surface area contributed by atoms with E-state index < -0.39 is 0 Å². The highest BCUT2D eigenvalue weighted by Crippen LogP contribution is 2.24. The van der Waals surface area contributed by atoms with E-state index in [0.717, 1.165) is 31.4 Å². The summed E-state index contributed by atoms with van der Waals surface area (Å²) in [5.41, 5.74) is 1.11. The van der Waals surface area contributed by atoms with Crippen molar-refractivity contribution in [2.75, 3.05) is 20.1 Å². The molecule has 1 saturated carbocycles. The summed E-state index contributed by atoms with van der Waals surface area (Å²) in [6, 6.07) is 9.99. The first kappa shape index (κ1) is 17.0. The molecule has 0 aromatic heterocycles. The topological polar surface area (TPSA) is 52.6 Å². The Morgan fingerprint density at radius 1 is 1.32 bits per heavy atom. The van der Waals surface area contributed by atoms with Crippen LogP contribution in [0.1, 0.15) is 44.2 Å². The number of rotatable bonds is 6. The Kier molecular flexibility index (Phi) is 6.40. The van der Waals surface area contributed by atoms with Crippen molar-refractivity contribution < 1.29 is 9.90 Å². The van der Waals surface area contributed by atoms with Crippen molar-refractivity contribution in [2.24, 2.45) is 5.92 Å². The minimum absolute atomic E-state index is 0.0161. The maximum atomic E-state index is 12.1. The van der Waals surface area contributed by atoms with Crippen LogP contribution in [0.5, 0.6) is 0 Å². The molecule has 1 aliphatic carbocycles. The molecule has 3 unspecified atom stereocenters. The fourth-order valence-corrected chi connectivity index (χ4v) is 3.22. The third-order valence-corrected chi connectivity index (χ3v) is 4.51. The SMILES string of the molecule is CC(NC(=O)CN(C)CC1CCCCC1O)c1ccccc1. The van der Waals surface area contributed by atoms with Crippen LogP contribution >= 0.6 is 0 Å². The van der Waals surface area contributed by atoms with Gasteiger partial charge in [-0.15, -0.1) is 0 Å². The molecule has 1 aliphatic rings. The molecule has 2 rings (SSSR count). The van der Waals surface area contributed by atoms with Gasteiger partial charge in [0.15, 0.2) is 0 Å². The summed E-state index contributed by atoms with van der Waals surface area (Å²) >= 11 is 0. The third-order valence-electron chi connectivity index (χ3n) is 4.51. The van der Waals surface area contributed by atoms with Gasteiger partial charge in [0, 0.05) is 6.54 Å². The van der Waals surface area contributed by atoms with E-state index in [2.05, 4.69) is 5.32 Å². The quantitative estimate of drug-likeness (QED) is 0.848. The van der Waals surface area contributed by atoms with E-state index in [4.69, 9.17) is 0 Å². The molecule has 0 radical (unpaired) electrons. The average Bonchev–Trinajstić information content (AvgIpc) is 2.50. The van der Waals surface area contributed by atoms with Gasteiger partial charge in [-0.05, 0) is 38.3 Å². The second-order valence-corrected chi connectivity index (χ2v) is 6.51. The molecule has 122 valence electrons. The molecule has 0 heterocycles. The van der Waals surface area contributed by atoms with Gasteiger partial charge >= 0.3 is 0 Å². The predicted octanol–water partition coefficient (Wildman–Crippen LogP) is 2.35. The predicted molar refractivity (Wildman–Crippen MR) is 88.5 cm³/mol. The fourth-order valence-electron chi connectivity index (χ4n) is 3.22. The lowest BCUT2D eigenvalue weighted by molar-refractivity contribution is -0.122. The van der Waals surface area contributed by atoms with Gasteiger partial charge in [0.2, 0.25) is 5.91 Å². The van der Waals surface area contributed by atoms with Crippen LogP contribution in [0.15, 0.2) is 30.3 Å². The van der Waals surface area contributed by atoms with Gasteiger partial charge in [-0.25, -0.2) is 0 Å². The fraction of sp³-hybridized carbons (Fsp3) is 0.611. The van der Waals surface area contributed by atoms with Gasteiger partial charge in [0.05, 0.1) is 18.7 Å². The smallest absolute Gasteiger partial charge is 0.234 e. The lowest BCUT2D eigenvalue weighted by atomic mass is 9.86. The second kappa shape index (κ2) is 8.30. The molecule has 1 fully saturated rings. The van der Waals surface area contributed by atoms with Crippen LogP contribution in [0, 0.1) is 5.92 Å². The van der Waals surface area contributed by atoms with Crippen molar-refractivity contribution in [3.05, 3.63) is 35.9 Å². The molecule has 1 amide bonds. The Morgan fingerprint density at radius 3 is 2.68 bits per heavy atom. The number of carbonyl (C=O) groups excluding carboxylic acids is 1. The Morgan fingerprint density at radius 2 is 2.00 bits per heavy atom. The lowest BCUT2D eigenvalue weighted by Gasteiger charge is -2.31. The lowest BCUT2D eigenvalue weighted by Crippen LogP contribution is -2.41. The molecule has 3 atom stereocenters. The first-order chi connectivity index (χ1) is 10.6. The number of benzene rings is 1. The number of carbonyl (C=O) groups is 1. The number of amides is 1. The maximum Gasteiger partial charge on any atom is 0.234 e. The van der Waals surface area contributed by atoms with Gasteiger partial charge in [-0.1, -0.05) is 43.2 Å². The maximum absolute atomic E-state index is 12.1. The van der Waals surface area contributed by atoms with E-state index in [-0.39, 0.29) is 18.1 Å². The van der Waals surface area contributed by atoms with Gasteiger partial charge in [-0.3, -0.25) is 9.69 Å².